The molecule has 0 fully saturated rings. The number of hydrogen-bond acceptors (Lipinski definition) is 2. The number of rotatable bonds is 3. The van der Waals surface area contributed by atoms with E-state index in [2.05, 4.69) is 30.8 Å². The fourth-order valence-electron chi connectivity index (χ4n) is 1.27. The van der Waals surface area contributed by atoms with Crippen LogP contribution in [0.15, 0.2) is 33.4 Å². The molecule has 0 aliphatic heterocycles. The average molecular weight is 206 g/mol. The van der Waals surface area contributed by atoms with Crippen molar-refractivity contribution in [1.29, 1.82) is 0 Å². The Hall–Kier alpha value is -1.18. The Morgan fingerprint density at radius 1 is 1.20 bits per heavy atom. The molecule has 0 bridgehead atoms. The van der Waals surface area contributed by atoms with Crippen molar-refractivity contribution in [2.24, 2.45) is 15.4 Å². The summed E-state index contributed by atoms with van der Waals surface area (Å²) in [4.78, 5) is 8.45. The maximum atomic E-state index is 4.38. The highest BCUT2D eigenvalue weighted by Gasteiger charge is 2.17. The third kappa shape index (κ3) is 5.31. The third-order valence-corrected chi connectivity index (χ3v) is 2.00. The summed E-state index contributed by atoms with van der Waals surface area (Å²) in [6, 6.07) is 0. The smallest absolute Gasteiger partial charge is 0.0425 e. The van der Waals surface area contributed by atoms with Crippen LogP contribution in [0.4, 0.5) is 0 Å². The van der Waals surface area contributed by atoms with Gasteiger partial charge in [-0.3, -0.25) is 9.98 Å². The Labute approximate surface area is 93.5 Å². The van der Waals surface area contributed by atoms with Gasteiger partial charge in [0.2, 0.25) is 0 Å². The standard InChI is InChI=1S/C13H22N2/c1-7-8-9-15-11(2)12(10-14-6)13(3,4)5/h7-10H,1-6H3/b8-7-,12-11-,14-10?,15-9-. The molecular formula is C13H22N2. The zero-order valence-electron chi connectivity index (χ0n) is 10.7. The first kappa shape index (κ1) is 13.8. The van der Waals surface area contributed by atoms with Crippen molar-refractivity contribution in [3.05, 3.63) is 23.4 Å². The summed E-state index contributed by atoms with van der Waals surface area (Å²) in [7, 11) is 1.79. The number of aliphatic imine (C=N–C) groups is 2. The van der Waals surface area contributed by atoms with Gasteiger partial charge in [-0.05, 0) is 30.9 Å². The molecule has 0 radical (unpaired) electrons. The quantitative estimate of drug-likeness (QED) is 0.630. The lowest BCUT2D eigenvalue weighted by Crippen LogP contribution is -2.12. The van der Waals surface area contributed by atoms with E-state index in [1.165, 1.54) is 5.57 Å². The van der Waals surface area contributed by atoms with Gasteiger partial charge in [-0.25, -0.2) is 0 Å². The van der Waals surface area contributed by atoms with Gasteiger partial charge in [0.15, 0.2) is 0 Å². The fraction of sp³-hybridized carbons (Fsp3) is 0.538. The van der Waals surface area contributed by atoms with Crippen LogP contribution >= 0.6 is 0 Å². The lowest BCUT2D eigenvalue weighted by atomic mass is 9.86. The lowest BCUT2D eigenvalue weighted by molar-refractivity contribution is 0.521. The van der Waals surface area contributed by atoms with Gasteiger partial charge in [-0.2, -0.15) is 0 Å². The van der Waals surface area contributed by atoms with E-state index in [1.54, 1.807) is 7.05 Å². The molecule has 0 aliphatic carbocycles. The summed E-state index contributed by atoms with van der Waals surface area (Å²) in [6.45, 7) is 10.5. The van der Waals surface area contributed by atoms with E-state index >= 15 is 0 Å². The van der Waals surface area contributed by atoms with E-state index in [0.29, 0.717) is 0 Å². The predicted octanol–water partition coefficient (Wildman–Crippen LogP) is 3.65. The number of nitrogens with zero attached hydrogens (tertiary/aromatic N) is 2. The van der Waals surface area contributed by atoms with Crippen molar-refractivity contribution >= 4 is 12.4 Å². The van der Waals surface area contributed by atoms with Crippen LogP contribution in [0, 0.1) is 5.41 Å². The van der Waals surface area contributed by atoms with Crippen LogP contribution in [0.25, 0.3) is 0 Å². The summed E-state index contributed by atoms with van der Waals surface area (Å²) >= 11 is 0. The maximum absolute atomic E-state index is 4.38. The number of hydrogen-bond donors (Lipinski definition) is 0. The Morgan fingerprint density at radius 3 is 2.20 bits per heavy atom. The molecule has 0 aromatic rings. The van der Waals surface area contributed by atoms with Crippen molar-refractivity contribution < 1.29 is 0 Å². The fourth-order valence-corrected chi connectivity index (χ4v) is 1.27. The first-order valence-corrected chi connectivity index (χ1v) is 5.22. The van der Waals surface area contributed by atoms with Gasteiger partial charge < -0.3 is 0 Å². The lowest BCUT2D eigenvalue weighted by Gasteiger charge is -2.20. The van der Waals surface area contributed by atoms with Crippen molar-refractivity contribution in [1.82, 2.24) is 0 Å². The second-order valence-electron chi connectivity index (χ2n) is 4.44. The van der Waals surface area contributed by atoms with Crippen molar-refractivity contribution in [2.75, 3.05) is 7.05 Å². The van der Waals surface area contributed by atoms with Crippen LogP contribution in [0.5, 0.6) is 0 Å². The van der Waals surface area contributed by atoms with Crippen LogP contribution in [0.1, 0.15) is 34.6 Å². The van der Waals surface area contributed by atoms with E-state index < -0.39 is 0 Å². The summed E-state index contributed by atoms with van der Waals surface area (Å²) in [6.07, 6.45) is 7.58. The first-order valence-electron chi connectivity index (χ1n) is 5.22. The molecule has 0 aromatic carbocycles. The van der Waals surface area contributed by atoms with Crippen LogP contribution in [0.3, 0.4) is 0 Å². The van der Waals surface area contributed by atoms with Crippen molar-refractivity contribution in [3.8, 4) is 0 Å². The summed E-state index contributed by atoms with van der Waals surface area (Å²) < 4.78 is 0. The van der Waals surface area contributed by atoms with E-state index in [1.807, 2.05) is 38.4 Å². The van der Waals surface area contributed by atoms with E-state index in [0.717, 1.165) is 5.70 Å². The molecule has 0 atom stereocenters. The molecule has 0 spiro atoms. The molecule has 2 nitrogen and oxygen atoms in total. The second-order valence-corrected chi connectivity index (χ2v) is 4.44. The molecule has 0 aromatic heterocycles. The topological polar surface area (TPSA) is 24.7 Å². The Balaban J connectivity index is 5.10. The molecule has 0 rings (SSSR count). The van der Waals surface area contributed by atoms with E-state index in [4.69, 9.17) is 0 Å². The Morgan fingerprint density at radius 2 is 1.80 bits per heavy atom. The minimum absolute atomic E-state index is 0.0802. The largest absolute Gasteiger partial charge is 0.296 e. The van der Waals surface area contributed by atoms with Gasteiger partial charge in [0, 0.05) is 25.2 Å². The van der Waals surface area contributed by atoms with Crippen LogP contribution < -0.4 is 0 Å². The normalized spacial score (nSPS) is 15.6. The third-order valence-electron chi connectivity index (χ3n) is 2.00. The zero-order chi connectivity index (χ0) is 11.9. The minimum atomic E-state index is 0.0802. The van der Waals surface area contributed by atoms with Crippen LogP contribution in [0.2, 0.25) is 0 Å². The van der Waals surface area contributed by atoms with Crippen molar-refractivity contribution in [3.63, 3.8) is 0 Å². The predicted molar refractivity (Wildman–Crippen MR) is 69.9 cm³/mol. The molecule has 0 heterocycles. The Bertz CT molecular complexity index is 299. The molecule has 15 heavy (non-hydrogen) atoms. The van der Waals surface area contributed by atoms with Gasteiger partial charge in [-0.15, -0.1) is 0 Å². The molecule has 84 valence electrons. The second kappa shape index (κ2) is 6.33. The monoisotopic (exact) mass is 206 g/mol. The number of allylic oxidation sites excluding steroid dienone is 4. The molecule has 0 saturated carbocycles. The van der Waals surface area contributed by atoms with Gasteiger partial charge >= 0.3 is 0 Å². The highest BCUT2D eigenvalue weighted by atomic mass is 14.7. The van der Waals surface area contributed by atoms with Crippen LogP contribution in [-0.2, 0) is 0 Å². The molecule has 0 unspecified atom stereocenters. The summed E-state index contributed by atoms with van der Waals surface area (Å²) in [5.41, 5.74) is 2.27. The van der Waals surface area contributed by atoms with Gasteiger partial charge in [0.25, 0.3) is 0 Å². The average Bonchev–Trinajstić information content (AvgIpc) is 2.12. The molecule has 0 amide bonds. The van der Waals surface area contributed by atoms with E-state index in [9.17, 15) is 0 Å². The summed E-state index contributed by atoms with van der Waals surface area (Å²) in [5, 5.41) is 0. The first-order chi connectivity index (χ1) is 6.93. The van der Waals surface area contributed by atoms with Crippen molar-refractivity contribution in [2.45, 2.75) is 34.6 Å². The van der Waals surface area contributed by atoms with Gasteiger partial charge in [0.1, 0.15) is 0 Å². The van der Waals surface area contributed by atoms with Crippen LogP contribution in [-0.4, -0.2) is 19.5 Å². The maximum Gasteiger partial charge on any atom is 0.0425 e. The molecule has 0 N–H and O–H groups in total. The minimum Gasteiger partial charge on any atom is -0.296 e. The van der Waals surface area contributed by atoms with Gasteiger partial charge in [0.05, 0.1) is 0 Å². The SMILES string of the molecule is C\C=C/C=N\C(C)=C(\C=NC)C(C)(C)C. The van der Waals surface area contributed by atoms with E-state index in [-0.39, 0.29) is 5.41 Å². The molecular weight excluding hydrogens is 184 g/mol. The summed E-state index contributed by atoms with van der Waals surface area (Å²) in [5.74, 6) is 0. The molecule has 0 saturated heterocycles. The van der Waals surface area contributed by atoms with Gasteiger partial charge in [-0.1, -0.05) is 26.8 Å². The Kier molecular flexibility index (Phi) is 5.83. The highest BCUT2D eigenvalue weighted by Crippen LogP contribution is 2.26. The zero-order valence-corrected chi connectivity index (χ0v) is 10.7. The molecule has 2 heteroatoms. The molecule has 0 aliphatic rings. The highest BCUT2D eigenvalue weighted by molar-refractivity contribution is 5.82.